The highest BCUT2D eigenvalue weighted by atomic mass is 32.1. The highest BCUT2D eigenvalue weighted by Gasteiger charge is 2.18. The molecule has 0 aliphatic heterocycles. The number of nitrogens with one attached hydrogen (secondary N) is 1. The molecule has 0 aromatic carbocycles. The lowest BCUT2D eigenvalue weighted by atomic mass is 10.2. The fourth-order valence-electron chi connectivity index (χ4n) is 2.28. The summed E-state index contributed by atoms with van der Waals surface area (Å²) in [4.78, 5) is 23.6. The lowest BCUT2D eigenvalue weighted by Crippen LogP contribution is -2.16. The number of carbonyl (C=O) groups is 1. The van der Waals surface area contributed by atoms with Gasteiger partial charge in [-0.2, -0.15) is 0 Å². The van der Waals surface area contributed by atoms with Crippen LogP contribution in [0.15, 0.2) is 24.8 Å². The monoisotopic (exact) mass is 329 g/mol. The number of aromatic amines is 1. The zero-order valence-electron chi connectivity index (χ0n) is 13.4. The van der Waals surface area contributed by atoms with E-state index in [9.17, 15) is 4.79 Å². The normalized spacial score (nSPS) is 12.2. The van der Waals surface area contributed by atoms with Gasteiger partial charge in [0, 0.05) is 11.3 Å². The molecular formula is C16H19N5OS. The Bertz CT molecular complexity index is 901. The van der Waals surface area contributed by atoms with Gasteiger partial charge in [0.05, 0.1) is 0 Å². The summed E-state index contributed by atoms with van der Waals surface area (Å²) in [5.41, 5.74) is 8.02. The van der Waals surface area contributed by atoms with Crippen molar-refractivity contribution in [2.75, 3.05) is 0 Å². The SMILES string of the molecule is C=C(C)n1c(=S)[nH]c2c(C(N)=O)nc(C(/C=C\C)=C/CC)nc21. The number of imidazole rings is 1. The first-order valence-electron chi connectivity index (χ1n) is 7.22. The molecule has 7 heteroatoms. The van der Waals surface area contributed by atoms with Crippen molar-refractivity contribution < 1.29 is 4.79 Å². The average molecular weight is 329 g/mol. The Morgan fingerprint density at radius 3 is 2.70 bits per heavy atom. The fraction of sp³-hybridized carbons (Fsp3) is 0.250. The standard InChI is InChI=1S/C16H19N5OS/c1-5-7-10(8-6-2)14-18-11(13(17)22)12-15(20-14)21(9(3)4)16(23)19-12/h5,7-8H,3,6H2,1-2,4H3,(H2,17,22)(H,19,23)/b7-5-,10-8+. The molecule has 0 atom stereocenters. The Balaban J connectivity index is 2.91. The first kappa shape index (κ1) is 16.8. The number of hydrogen-bond acceptors (Lipinski definition) is 4. The molecule has 0 saturated heterocycles. The largest absolute Gasteiger partial charge is 0.364 e. The molecule has 120 valence electrons. The number of H-pyrrole nitrogens is 1. The number of primary amides is 1. The smallest absolute Gasteiger partial charge is 0.269 e. The molecule has 0 saturated carbocycles. The summed E-state index contributed by atoms with van der Waals surface area (Å²) >= 11 is 5.28. The highest BCUT2D eigenvalue weighted by molar-refractivity contribution is 7.71. The van der Waals surface area contributed by atoms with Crippen molar-refractivity contribution in [1.29, 1.82) is 0 Å². The molecule has 3 N–H and O–H groups in total. The molecule has 0 unspecified atom stereocenters. The Morgan fingerprint density at radius 1 is 1.48 bits per heavy atom. The van der Waals surface area contributed by atoms with Crippen LogP contribution in [-0.2, 0) is 0 Å². The highest BCUT2D eigenvalue weighted by Crippen LogP contribution is 2.22. The second-order valence-electron chi connectivity index (χ2n) is 5.03. The van der Waals surface area contributed by atoms with Gasteiger partial charge in [-0.05, 0) is 32.5 Å². The summed E-state index contributed by atoms with van der Waals surface area (Å²) in [6.45, 7) is 9.63. The predicted octanol–water partition coefficient (Wildman–Crippen LogP) is 3.45. The zero-order chi connectivity index (χ0) is 17.1. The zero-order valence-corrected chi connectivity index (χ0v) is 14.2. The number of nitrogens with zero attached hydrogens (tertiary/aromatic N) is 3. The maximum Gasteiger partial charge on any atom is 0.269 e. The Labute approximate surface area is 139 Å². The van der Waals surface area contributed by atoms with E-state index in [1.165, 1.54) is 0 Å². The first-order valence-corrected chi connectivity index (χ1v) is 7.63. The molecule has 2 rings (SSSR count). The molecular weight excluding hydrogens is 310 g/mol. The Hall–Kier alpha value is -2.54. The van der Waals surface area contributed by atoms with Crippen molar-refractivity contribution in [2.24, 2.45) is 5.73 Å². The number of aromatic nitrogens is 4. The molecule has 0 aliphatic rings. The van der Waals surface area contributed by atoms with Gasteiger partial charge in [0.2, 0.25) is 0 Å². The van der Waals surface area contributed by atoms with Gasteiger partial charge in [-0.25, -0.2) is 9.97 Å². The van der Waals surface area contributed by atoms with Crippen molar-refractivity contribution in [2.45, 2.75) is 27.2 Å². The topological polar surface area (TPSA) is 89.6 Å². The first-order chi connectivity index (χ1) is 10.9. The number of hydrogen-bond donors (Lipinski definition) is 2. The van der Waals surface area contributed by atoms with Gasteiger partial charge in [0.25, 0.3) is 5.91 Å². The Morgan fingerprint density at radius 2 is 2.17 bits per heavy atom. The summed E-state index contributed by atoms with van der Waals surface area (Å²) in [6, 6.07) is 0. The molecule has 0 fully saturated rings. The van der Waals surface area contributed by atoms with Crippen LogP contribution in [-0.4, -0.2) is 25.4 Å². The van der Waals surface area contributed by atoms with Crippen LogP contribution >= 0.6 is 12.2 Å². The van der Waals surface area contributed by atoms with Crippen LogP contribution in [0.2, 0.25) is 0 Å². The van der Waals surface area contributed by atoms with Crippen LogP contribution in [0.5, 0.6) is 0 Å². The third-order valence-electron chi connectivity index (χ3n) is 3.18. The van der Waals surface area contributed by atoms with E-state index >= 15 is 0 Å². The van der Waals surface area contributed by atoms with E-state index in [1.54, 1.807) is 4.57 Å². The number of allylic oxidation sites excluding steroid dienone is 5. The van der Waals surface area contributed by atoms with E-state index in [2.05, 4.69) is 21.5 Å². The van der Waals surface area contributed by atoms with Crippen molar-refractivity contribution in [1.82, 2.24) is 19.5 Å². The van der Waals surface area contributed by atoms with Crippen molar-refractivity contribution in [3.63, 3.8) is 0 Å². The maximum atomic E-state index is 11.8. The second-order valence-corrected chi connectivity index (χ2v) is 5.41. The maximum absolute atomic E-state index is 11.8. The van der Waals surface area contributed by atoms with Gasteiger partial charge in [0.1, 0.15) is 5.52 Å². The molecule has 6 nitrogen and oxygen atoms in total. The van der Waals surface area contributed by atoms with E-state index in [-0.39, 0.29) is 5.69 Å². The molecule has 23 heavy (non-hydrogen) atoms. The summed E-state index contributed by atoms with van der Waals surface area (Å²) in [6.07, 6.45) is 6.58. The number of nitrogens with two attached hydrogens (primary N) is 1. The molecule has 0 bridgehead atoms. The molecule has 2 aromatic rings. The van der Waals surface area contributed by atoms with Crippen molar-refractivity contribution in [3.05, 3.63) is 41.1 Å². The van der Waals surface area contributed by atoms with Crippen LogP contribution < -0.4 is 5.73 Å². The molecule has 2 heterocycles. The quantitative estimate of drug-likeness (QED) is 0.649. The third kappa shape index (κ3) is 3.14. The lowest BCUT2D eigenvalue weighted by molar-refractivity contribution is 0.0997. The number of amides is 1. The minimum Gasteiger partial charge on any atom is -0.364 e. The lowest BCUT2D eigenvalue weighted by Gasteiger charge is -2.07. The van der Waals surface area contributed by atoms with Crippen LogP contribution in [0.25, 0.3) is 22.4 Å². The summed E-state index contributed by atoms with van der Waals surface area (Å²) < 4.78 is 2.06. The fourth-order valence-corrected chi connectivity index (χ4v) is 2.62. The van der Waals surface area contributed by atoms with Gasteiger partial charge in [-0.1, -0.05) is 31.7 Å². The molecule has 0 spiro atoms. The molecule has 2 aromatic heterocycles. The summed E-state index contributed by atoms with van der Waals surface area (Å²) in [7, 11) is 0. The van der Waals surface area contributed by atoms with Gasteiger partial charge >= 0.3 is 0 Å². The molecule has 0 aliphatic carbocycles. The van der Waals surface area contributed by atoms with E-state index in [0.29, 0.717) is 27.5 Å². The van der Waals surface area contributed by atoms with E-state index in [1.807, 2.05) is 39.0 Å². The molecule has 1 amide bonds. The number of fused-ring (bicyclic) bond motifs is 1. The number of rotatable bonds is 5. The molecule has 0 radical (unpaired) electrons. The average Bonchev–Trinajstić information content (AvgIpc) is 2.81. The van der Waals surface area contributed by atoms with E-state index in [4.69, 9.17) is 18.0 Å². The van der Waals surface area contributed by atoms with Gasteiger partial charge in [-0.15, -0.1) is 0 Å². The number of carbonyl (C=O) groups excluding carboxylic acids is 1. The van der Waals surface area contributed by atoms with Gasteiger partial charge in [0.15, 0.2) is 21.9 Å². The summed E-state index contributed by atoms with van der Waals surface area (Å²) in [5.74, 6) is -0.213. The minimum atomic E-state index is -0.639. The third-order valence-corrected chi connectivity index (χ3v) is 3.46. The summed E-state index contributed by atoms with van der Waals surface area (Å²) in [5, 5.41) is 0. The second kappa shape index (κ2) is 6.70. The van der Waals surface area contributed by atoms with Crippen molar-refractivity contribution in [3.8, 4) is 0 Å². The minimum absolute atomic E-state index is 0.114. The van der Waals surface area contributed by atoms with Crippen LogP contribution in [0.1, 0.15) is 43.5 Å². The van der Waals surface area contributed by atoms with Crippen molar-refractivity contribution >= 4 is 40.6 Å². The Kier molecular flexibility index (Phi) is 4.90. The van der Waals surface area contributed by atoms with Gasteiger partial charge < -0.3 is 10.7 Å². The predicted molar refractivity (Wildman–Crippen MR) is 95.3 cm³/mol. The van der Waals surface area contributed by atoms with E-state index < -0.39 is 5.91 Å². The van der Waals surface area contributed by atoms with E-state index in [0.717, 1.165) is 12.0 Å². The van der Waals surface area contributed by atoms with Gasteiger partial charge in [-0.3, -0.25) is 9.36 Å². The van der Waals surface area contributed by atoms with Crippen LogP contribution in [0.4, 0.5) is 0 Å². The van der Waals surface area contributed by atoms with Crippen LogP contribution in [0, 0.1) is 4.77 Å². The van der Waals surface area contributed by atoms with Crippen LogP contribution in [0.3, 0.4) is 0 Å².